The fourth-order valence-electron chi connectivity index (χ4n) is 1.89. The summed E-state index contributed by atoms with van der Waals surface area (Å²) in [5.41, 5.74) is 6.07. The number of aromatic nitrogens is 1. The van der Waals surface area contributed by atoms with Crippen LogP contribution in [0.5, 0.6) is 0 Å². The van der Waals surface area contributed by atoms with Gasteiger partial charge in [-0.05, 0) is 12.1 Å². The van der Waals surface area contributed by atoms with Gasteiger partial charge in [-0.3, -0.25) is 4.79 Å². The van der Waals surface area contributed by atoms with E-state index in [0.29, 0.717) is 5.56 Å². The van der Waals surface area contributed by atoms with Gasteiger partial charge in [0, 0.05) is 19.3 Å². The quantitative estimate of drug-likeness (QED) is 0.689. The van der Waals surface area contributed by atoms with E-state index in [2.05, 4.69) is 16.8 Å². The molecule has 0 radical (unpaired) electrons. The normalized spacial score (nSPS) is 17.1. The van der Waals surface area contributed by atoms with E-state index < -0.39 is 9.84 Å². The maximum Gasteiger partial charge on any atom is 0.273 e. The van der Waals surface area contributed by atoms with Crippen LogP contribution in [-0.2, 0) is 9.84 Å². The topological polar surface area (TPSA) is 93.4 Å². The highest BCUT2D eigenvalue weighted by molar-refractivity contribution is 7.91. The number of hydrogen-bond donors (Lipinski definition) is 1. The minimum atomic E-state index is -3.01. The van der Waals surface area contributed by atoms with Gasteiger partial charge in [0.2, 0.25) is 0 Å². The molecule has 1 aliphatic heterocycles. The van der Waals surface area contributed by atoms with Crippen molar-refractivity contribution in [3.8, 4) is 11.8 Å². The fourth-order valence-corrected chi connectivity index (χ4v) is 3.09. The van der Waals surface area contributed by atoms with E-state index in [1.54, 1.807) is 12.1 Å². The summed E-state index contributed by atoms with van der Waals surface area (Å²) in [6.07, 6.45) is 1.52. The zero-order chi connectivity index (χ0) is 14.6. The molecular formula is C13H15N3O3S. The average Bonchev–Trinajstić information content (AvgIpc) is 2.45. The van der Waals surface area contributed by atoms with Crippen LogP contribution >= 0.6 is 0 Å². The molecule has 1 aromatic heterocycles. The van der Waals surface area contributed by atoms with Crippen molar-refractivity contribution in [3.63, 3.8) is 0 Å². The zero-order valence-corrected chi connectivity index (χ0v) is 11.7. The maximum absolute atomic E-state index is 12.4. The maximum atomic E-state index is 12.4. The van der Waals surface area contributed by atoms with E-state index in [1.807, 2.05) is 0 Å². The van der Waals surface area contributed by atoms with Gasteiger partial charge >= 0.3 is 0 Å². The zero-order valence-electron chi connectivity index (χ0n) is 10.9. The van der Waals surface area contributed by atoms with Crippen LogP contribution in [0.25, 0.3) is 0 Å². The summed E-state index contributed by atoms with van der Waals surface area (Å²) in [4.78, 5) is 17.9. The molecule has 2 N–H and O–H groups in total. The van der Waals surface area contributed by atoms with Crippen LogP contribution in [-0.4, -0.2) is 55.3 Å². The minimum absolute atomic E-state index is 0.00458. The summed E-state index contributed by atoms with van der Waals surface area (Å²) in [5.74, 6) is 5.19. The summed E-state index contributed by atoms with van der Waals surface area (Å²) in [6, 6.07) is 3.39. The summed E-state index contributed by atoms with van der Waals surface area (Å²) in [5, 5.41) is 0. The third kappa shape index (κ3) is 3.35. The Morgan fingerprint density at radius 1 is 1.40 bits per heavy atom. The standard InChI is InChI=1S/C13H15N3O3S/c14-5-1-3-11-4-2-6-15-12(11)13(17)16-7-9-20(18,19)10-8-16/h2,4,6H,5,7-10,14H2. The Morgan fingerprint density at radius 2 is 2.10 bits per heavy atom. The summed E-state index contributed by atoms with van der Waals surface area (Å²) < 4.78 is 22.7. The Morgan fingerprint density at radius 3 is 2.75 bits per heavy atom. The van der Waals surface area contributed by atoms with Crippen molar-refractivity contribution >= 4 is 15.7 Å². The molecule has 1 aliphatic rings. The molecule has 0 bridgehead atoms. The average molecular weight is 293 g/mol. The molecule has 2 rings (SSSR count). The molecule has 1 aromatic rings. The largest absolute Gasteiger partial charge is 0.335 e. The number of carbonyl (C=O) groups is 1. The number of amides is 1. The van der Waals surface area contributed by atoms with Crippen LogP contribution in [0.2, 0.25) is 0 Å². The predicted molar refractivity (Wildman–Crippen MR) is 74.7 cm³/mol. The highest BCUT2D eigenvalue weighted by atomic mass is 32.2. The number of rotatable bonds is 1. The highest BCUT2D eigenvalue weighted by Gasteiger charge is 2.27. The monoisotopic (exact) mass is 293 g/mol. The lowest BCUT2D eigenvalue weighted by Crippen LogP contribution is -2.44. The molecule has 0 aliphatic carbocycles. The van der Waals surface area contributed by atoms with Crippen LogP contribution in [0.3, 0.4) is 0 Å². The van der Waals surface area contributed by atoms with Crippen LogP contribution in [0, 0.1) is 11.8 Å². The van der Waals surface area contributed by atoms with Crippen molar-refractivity contribution in [1.82, 2.24) is 9.88 Å². The Kier molecular flexibility index (Phi) is 4.37. The van der Waals surface area contributed by atoms with Crippen LogP contribution < -0.4 is 5.73 Å². The molecule has 0 spiro atoms. The van der Waals surface area contributed by atoms with E-state index in [-0.39, 0.29) is 42.7 Å². The van der Waals surface area contributed by atoms with Crippen LogP contribution in [0.15, 0.2) is 18.3 Å². The summed E-state index contributed by atoms with van der Waals surface area (Å²) in [6.45, 7) is 0.591. The number of pyridine rings is 1. The van der Waals surface area contributed by atoms with Gasteiger partial charge in [-0.1, -0.05) is 11.8 Å². The second kappa shape index (κ2) is 6.03. The van der Waals surface area contributed by atoms with E-state index in [9.17, 15) is 13.2 Å². The van der Waals surface area contributed by atoms with E-state index >= 15 is 0 Å². The number of hydrogen-bond acceptors (Lipinski definition) is 5. The first-order chi connectivity index (χ1) is 9.53. The molecule has 0 saturated carbocycles. The molecule has 106 valence electrons. The van der Waals surface area contributed by atoms with Crippen molar-refractivity contribution in [3.05, 3.63) is 29.6 Å². The molecule has 7 heteroatoms. The van der Waals surface area contributed by atoms with Crippen molar-refractivity contribution in [2.24, 2.45) is 5.73 Å². The predicted octanol–water partition coefficient (Wildman–Crippen LogP) is -0.738. The lowest BCUT2D eigenvalue weighted by atomic mass is 10.1. The molecule has 1 saturated heterocycles. The third-order valence-electron chi connectivity index (χ3n) is 2.97. The van der Waals surface area contributed by atoms with Gasteiger partial charge in [-0.2, -0.15) is 0 Å². The molecule has 0 aromatic carbocycles. The molecule has 2 heterocycles. The van der Waals surface area contributed by atoms with Gasteiger partial charge < -0.3 is 10.6 Å². The van der Waals surface area contributed by atoms with E-state index in [1.165, 1.54) is 11.1 Å². The number of sulfone groups is 1. The Hall–Kier alpha value is -1.91. The first kappa shape index (κ1) is 14.5. The second-order valence-electron chi connectivity index (χ2n) is 4.35. The molecule has 0 unspecified atom stereocenters. The van der Waals surface area contributed by atoms with E-state index in [4.69, 9.17) is 5.73 Å². The Bertz CT molecular complexity index is 660. The Labute approximate surface area is 117 Å². The molecule has 20 heavy (non-hydrogen) atoms. The molecule has 6 nitrogen and oxygen atoms in total. The van der Waals surface area contributed by atoms with Crippen molar-refractivity contribution in [1.29, 1.82) is 0 Å². The lowest BCUT2D eigenvalue weighted by Gasteiger charge is -2.26. The van der Waals surface area contributed by atoms with Crippen LogP contribution in [0.4, 0.5) is 0 Å². The molecule has 0 atom stereocenters. The van der Waals surface area contributed by atoms with Gasteiger partial charge in [-0.25, -0.2) is 13.4 Å². The third-order valence-corrected chi connectivity index (χ3v) is 4.58. The van der Waals surface area contributed by atoms with E-state index in [0.717, 1.165) is 0 Å². The van der Waals surface area contributed by atoms with Gasteiger partial charge in [0.05, 0.1) is 23.6 Å². The van der Waals surface area contributed by atoms with Crippen LogP contribution in [0.1, 0.15) is 16.1 Å². The SMILES string of the molecule is NCC#Cc1cccnc1C(=O)N1CCS(=O)(=O)CC1. The molecule has 1 fully saturated rings. The van der Waals surface area contributed by atoms with Gasteiger partial charge in [0.15, 0.2) is 9.84 Å². The van der Waals surface area contributed by atoms with Crippen molar-refractivity contribution in [2.45, 2.75) is 0 Å². The number of nitrogens with two attached hydrogens (primary N) is 1. The first-order valence-corrected chi connectivity index (χ1v) is 7.99. The minimum Gasteiger partial charge on any atom is -0.335 e. The summed E-state index contributed by atoms with van der Waals surface area (Å²) >= 11 is 0. The second-order valence-corrected chi connectivity index (χ2v) is 6.65. The van der Waals surface area contributed by atoms with Crippen molar-refractivity contribution in [2.75, 3.05) is 31.1 Å². The van der Waals surface area contributed by atoms with Crippen molar-refractivity contribution < 1.29 is 13.2 Å². The van der Waals surface area contributed by atoms with Gasteiger partial charge in [0.1, 0.15) is 5.69 Å². The summed E-state index contributed by atoms with van der Waals surface area (Å²) in [7, 11) is -3.01. The molecular weight excluding hydrogens is 278 g/mol. The first-order valence-electron chi connectivity index (χ1n) is 6.17. The van der Waals surface area contributed by atoms with Gasteiger partial charge in [0.25, 0.3) is 5.91 Å². The lowest BCUT2D eigenvalue weighted by molar-refractivity contribution is 0.0764. The Balaban J connectivity index is 2.22. The number of nitrogens with zero attached hydrogens (tertiary/aromatic N) is 2. The van der Waals surface area contributed by atoms with Gasteiger partial charge in [-0.15, -0.1) is 0 Å². The highest BCUT2D eigenvalue weighted by Crippen LogP contribution is 2.11. The fraction of sp³-hybridized carbons (Fsp3) is 0.385. The number of carbonyl (C=O) groups excluding carboxylic acids is 1. The molecule has 1 amide bonds. The smallest absolute Gasteiger partial charge is 0.273 e.